The summed E-state index contributed by atoms with van der Waals surface area (Å²) in [7, 11) is 0. The molecule has 0 aliphatic heterocycles. The van der Waals surface area contributed by atoms with Gasteiger partial charge in [-0.1, -0.05) is 35.9 Å². The fourth-order valence-electron chi connectivity index (χ4n) is 2.85. The number of hydrogen-bond acceptors (Lipinski definition) is 6. The molecule has 0 bridgehead atoms. The van der Waals surface area contributed by atoms with Crippen LogP contribution in [0.15, 0.2) is 66.7 Å². The first-order valence-corrected chi connectivity index (χ1v) is 8.97. The van der Waals surface area contributed by atoms with E-state index < -0.39 is 0 Å². The number of aromatic nitrogens is 3. The molecular weight excluding hydrogens is 388 g/mol. The van der Waals surface area contributed by atoms with Crippen molar-refractivity contribution in [3.8, 4) is 51.7 Å². The standard InChI is InChI=1S/C22H13ClN4O2/c23-15-10-13(12-24)9-14(11-15)20-25-21(16-5-1-3-7-18(16)28)27-22(26-20)17-6-2-4-8-19(17)29/h1-11,28-29H. The molecule has 0 aliphatic carbocycles. The van der Waals surface area contributed by atoms with Crippen molar-refractivity contribution >= 4 is 11.6 Å². The molecule has 29 heavy (non-hydrogen) atoms. The number of halogens is 1. The highest BCUT2D eigenvalue weighted by molar-refractivity contribution is 6.31. The minimum Gasteiger partial charge on any atom is -0.507 e. The highest BCUT2D eigenvalue weighted by Gasteiger charge is 2.16. The van der Waals surface area contributed by atoms with E-state index >= 15 is 0 Å². The van der Waals surface area contributed by atoms with E-state index in [1.807, 2.05) is 0 Å². The fraction of sp³-hybridized carbons (Fsp3) is 0. The molecule has 0 amide bonds. The van der Waals surface area contributed by atoms with Gasteiger partial charge in [0.1, 0.15) is 11.5 Å². The predicted molar refractivity (Wildman–Crippen MR) is 109 cm³/mol. The van der Waals surface area contributed by atoms with Gasteiger partial charge in [0.15, 0.2) is 17.5 Å². The van der Waals surface area contributed by atoms with Crippen molar-refractivity contribution in [1.82, 2.24) is 15.0 Å². The van der Waals surface area contributed by atoms with Crippen LogP contribution >= 0.6 is 11.6 Å². The third kappa shape index (κ3) is 3.72. The number of phenols is 2. The van der Waals surface area contributed by atoms with Gasteiger partial charge in [-0.2, -0.15) is 5.26 Å². The quantitative estimate of drug-likeness (QED) is 0.511. The second-order valence-electron chi connectivity index (χ2n) is 6.18. The number of hydrogen-bond donors (Lipinski definition) is 2. The monoisotopic (exact) mass is 400 g/mol. The van der Waals surface area contributed by atoms with Gasteiger partial charge in [-0.3, -0.25) is 0 Å². The van der Waals surface area contributed by atoms with E-state index in [0.717, 1.165) is 0 Å². The molecule has 0 radical (unpaired) electrons. The zero-order chi connectivity index (χ0) is 20.4. The zero-order valence-electron chi connectivity index (χ0n) is 14.9. The molecule has 0 fully saturated rings. The molecule has 4 aromatic rings. The number of nitrogens with zero attached hydrogens (tertiary/aromatic N) is 4. The number of nitriles is 1. The van der Waals surface area contributed by atoms with Gasteiger partial charge in [-0.15, -0.1) is 0 Å². The maximum atomic E-state index is 10.3. The number of benzene rings is 3. The molecule has 2 N–H and O–H groups in total. The molecule has 0 aliphatic rings. The largest absolute Gasteiger partial charge is 0.507 e. The Balaban J connectivity index is 1.99. The van der Waals surface area contributed by atoms with Crippen LogP contribution in [0.4, 0.5) is 0 Å². The molecule has 1 heterocycles. The average molecular weight is 401 g/mol. The summed E-state index contributed by atoms with van der Waals surface area (Å²) in [6.45, 7) is 0. The van der Waals surface area contributed by atoms with Crippen LogP contribution in [0.5, 0.6) is 11.5 Å². The second kappa shape index (κ2) is 7.58. The first-order valence-electron chi connectivity index (χ1n) is 8.59. The summed E-state index contributed by atoms with van der Waals surface area (Å²) >= 11 is 6.14. The van der Waals surface area contributed by atoms with Gasteiger partial charge < -0.3 is 10.2 Å². The van der Waals surface area contributed by atoms with Crippen LogP contribution < -0.4 is 0 Å². The third-order valence-corrected chi connectivity index (χ3v) is 4.43. The van der Waals surface area contributed by atoms with Crippen LogP contribution in [0.2, 0.25) is 5.02 Å². The van der Waals surface area contributed by atoms with E-state index in [1.54, 1.807) is 54.6 Å². The molecule has 1 aromatic heterocycles. The van der Waals surface area contributed by atoms with Crippen LogP contribution in [-0.2, 0) is 0 Å². The van der Waals surface area contributed by atoms with Crippen molar-refractivity contribution in [3.63, 3.8) is 0 Å². The smallest absolute Gasteiger partial charge is 0.167 e. The van der Waals surface area contributed by atoms with Crippen LogP contribution in [0.25, 0.3) is 34.2 Å². The SMILES string of the molecule is N#Cc1cc(Cl)cc(-c2nc(-c3ccccc3O)nc(-c3ccccc3O)n2)c1. The zero-order valence-corrected chi connectivity index (χ0v) is 15.7. The van der Waals surface area contributed by atoms with E-state index in [1.165, 1.54) is 12.1 Å². The predicted octanol–water partition coefficient (Wildman–Crippen LogP) is 4.81. The fourth-order valence-corrected chi connectivity index (χ4v) is 3.09. The maximum absolute atomic E-state index is 10.3. The number of phenolic OH excluding ortho intramolecular Hbond substituents is 2. The highest BCUT2D eigenvalue weighted by atomic mass is 35.5. The minimum atomic E-state index is 0.0108. The van der Waals surface area contributed by atoms with Crippen molar-refractivity contribution < 1.29 is 10.2 Å². The first-order chi connectivity index (χ1) is 14.0. The van der Waals surface area contributed by atoms with Gasteiger partial charge >= 0.3 is 0 Å². The molecule has 140 valence electrons. The molecule has 4 rings (SSSR count). The maximum Gasteiger partial charge on any atom is 0.167 e. The molecule has 0 atom stereocenters. The van der Waals surface area contributed by atoms with E-state index in [9.17, 15) is 15.5 Å². The normalized spacial score (nSPS) is 10.5. The highest BCUT2D eigenvalue weighted by Crippen LogP contribution is 2.32. The van der Waals surface area contributed by atoms with Crippen molar-refractivity contribution in [3.05, 3.63) is 77.3 Å². The molecule has 0 saturated carbocycles. The Morgan fingerprint density at radius 3 is 1.76 bits per heavy atom. The van der Waals surface area contributed by atoms with Crippen molar-refractivity contribution in [1.29, 1.82) is 5.26 Å². The summed E-state index contributed by atoms with van der Waals surface area (Å²) < 4.78 is 0. The van der Waals surface area contributed by atoms with Crippen LogP contribution in [0.3, 0.4) is 0 Å². The molecule has 0 unspecified atom stereocenters. The van der Waals surface area contributed by atoms with E-state index in [2.05, 4.69) is 21.0 Å². The van der Waals surface area contributed by atoms with Gasteiger partial charge in [0.25, 0.3) is 0 Å². The lowest BCUT2D eigenvalue weighted by Crippen LogP contribution is -2.00. The summed E-state index contributed by atoms with van der Waals surface area (Å²) in [6.07, 6.45) is 0. The summed E-state index contributed by atoms with van der Waals surface area (Å²) in [5, 5.41) is 30.1. The molecule has 0 spiro atoms. The van der Waals surface area contributed by atoms with E-state index in [4.69, 9.17) is 11.6 Å². The Morgan fingerprint density at radius 1 is 0.724 bits per heavy atom. The van der Waals surface area contributed by atoms with Gasteiger partial charge in [-0.05, 0) is 42.5 Å². The van der Waals surface area contributed by atoms with Crippen molar-refractivity contribution in [2.75, 3.05) is 0 Å². The Labute approximate surface area is 171 Å². The Kier molecular flexibility index (Phi) is 4.82. The van der Waals surface area contributed by atoms with Crippen LogP contribution in [0.1, 0.15) is 5.56 Å². The molecule has 7 heteroatoms. The van der Waals surface area contributed by atoms with Gasteiger partial charge in [-0.25, -0.2) is 15.0 Å². The third-order valence-electron chi connectivity index (χ3n) is 4.21. The lowest BCUT2D eigenvalue weighted by atomic mass is 10.1. The molecule has 6 nitrogen and oxygen atoms in total. The summed E-state index contributed by atoms with van der Waals surface area (Å²) in [5.41, 5.74) is 1.71. The summed E-state index contributed by atoms with van der Waals surface area (Å²) in [4.78, 5) is 13.4. The average Bonchev–Trinajstić information content (AvgIpc) is 2.73. The van der Waals surface area contributed by atoms with Gasteiger partial charge in [0.05, 0.1) is 22.8 Å². The van der Waals surface area contributed by atoms with Gasteiger partial charge in [0, 0.05) is 10.6 Å². The van der Waals surface area contributed by atoms with Crippen LogP contribution in [-0.4, -0.2) is 25.2 Å². The second-order valence-corrected chi connectivity index (χ2v) is 6.62. The lowest BCUT2D eigenvalue weighted by molar-refractivity contribution is 0.477. The Bertz CT molecular complexity index is 1200. The summed E-state index contributed by atoms with van der Waals surface area (Å²) in [6, 6.07) is 20.2. The number of rotatable bonds is 3. The first kappa shape index (κ1) is 18.4. The number of para-hydroxylation sites is 2. The van der Waals surface area contributed by atoms with Crippen molar-refractivity contribution in [2.45, 2.75) is 0 Å². The number of aromatic hydroxyl groups is 2. The molecular formula is C22H13ClN4O2. The topological polar surface area (TPSA) is 103 Å². The lowest BCUT2D eigenvalue weighted by Gasteiger charge is -2.10. The Morgan fingerprint density at radius 2 is 1.24 bits per heavy atom. The minimum absolute atomic E-state index is 0.0108. The van der Waals surface area contributed by atoms with E-state index in [-0.39, 0.29) is 29.0 Å². The van der Waals surface area contributed by atoms with Crippen LogP contribution in [0, 0.1) is 11.3 Å². The van der Waals surface area contributed by atoms with E-state index in [0.29, 0.717) is 27.3 Å². The molecule has 0 saturated heterocycles. The van der Waals surface area contributed by atoms with Crippen molar-refractivity contribution in [2.24, 2.45) is 0 Å². The Hall–Kier alpha value is -3.95. The molecule has 3 aromatic carbocycles. The van der Waals surface area contributed by atoms with Gasteiger partial charge in [0.2, 0.25) is 0 Å². The summed E-state index contributed by atoms with van der Waals surface area (Å²) in [5.74, 6) is 0.735.